The minimum atomic E-state index is 0.294. The maximum atomic E-state index is 5.62. The molecule has 0 saturated carbocycles. The predicted octanol–water partition coefficient (Wildman–Crippen LogP) is 2.97. The standard InChI is InChI=1S/C24H25N4O4/c1-6-25-24(26-7-1)27-8-10-28(11-9-27,14-18-2-4-20-22(12-18)31-16-29-20)15-19-3-5-21-23(13-19)32-17-30-21/h1-7,12-13H,8-11,14-17H2/q+1. The van der Waals surface area contributed by atoms with E-state index in [1.807, 2.05) is 18.2 Å². The van der Waals surface area contributed by atoms with Crippen molar-refractivity contribution in [1.82, 2.24) is 9.97 Å². The fraction of sp³-hybridized carbons (Fsp3) is 0.333. The zero-order valence-corrected chi connectivity index (χ0v) is 17.8. The van der Waals surface area contributed by atoms with Crippen LogP contribution in [0.3, 0.4) is 0 Å². The van der Waals surface area contributed by atoms with Gasteiger partial charge in [-0.15, -0.1) is 0 Å². The summed E-state index contributed by atoms with van der Waals surface area (Å²) in [6, 6.07) is 14.4. The van der Waals surface area contributed by atoms with Gasteiger partial charge in [0, 0.05) is 23.5 Å². The van der Waals surface area contributed by atoms with Crippen LogP contribution in [0.15, 0.2) is 54.9 Å². The van der Waals surface area contributed by atoms with E-state index in [-0.39, 0.29) is 0 Å². The van der Waals surface area contributed by atoms with Crippen LogP contribution in [0.4, 0.5) is 5.95 Å². The van der Waals surface area contributed by atoms with Gasteiger partial charge in [-0.1, -0.05) is 0 Å². The number of aromatic nitrogens is 2. The zero-order chi connectivity index (χ0) is 21.4. The summed E-state index contributed by atoms with van der Waals surface area (Å²) in [5.74, 6) is 4.11. The molecule has 0 amide bonds. The van der Waals surface area contributed by atoms with Crippen LogP contribution < -0.4 is 23.8 Å². The van der Waals surface area contributed by atoms with E-state index in [2.05, 4.69) is 39.1 Å². The van der Waals surface area contributed by atoms with Gasteiger partial charge in [-0.05, 0) is 42.5 Å². The predicted molar refractivity (Wildman–Crippen MR) is 117 cm³/mol. The lowest BCUT2D eigenvalue weighted by molar-refractivity contribution is -0.954. The highest BCUT2D eigenvalue weighted by atomic mass is 16.7. The van der Waals surface area contributed by atoms with Gasteiger partial charge < -0.3 is 28.3 Å². The molecule has 0 bridgehead atoms. The Bertz CT molecular complexity index is 1050. The number of fused-ring (bicyclic) bond motifs is 2. The summed E-state index contributed by atoms with van der Waals surface area (Å²) in [5.41, 5.74) is 2.50. The highest BCUT2D eigenvalue weighted by Crippen LogP contribution is 2.36. The molecule has 1 aromatic heterocycles. The summed E-state index contributed by atoms with van der Waals surface area (Å²) >= 11 is 0. The van der Waals surface area contributed by atoms with Crippen LogP contribution in [0, 0.1) is 0 Å². The highest BCUT2D eigenvalue weighted by molar-refractivity contribution is 5.45. The van der Waals surface area contributed by atoms with Gasteiger partial charge in [0.2, 0.25) is 19.5 Å². The average molecular weight is 433 g/mol. The minimum absolute atomic E-state index is 0.294. The van der Waals surface area contributed by atoms with Gasteiger partial charge in [-0.3, -0.25) is 0 Å². The molecule has 3 aromatic rings. The van der Waals surface area contributed by atoms with Crippen molar-refractivity contribution in [3.05, 3.63) is 66.0 Å². The fourth-order valence-corrected chi connectivity index (χ4v) is 4.77. The number of nitrogens with zero attached hydrogens (tertiary/aromatic N) is 4. The smallest absolute Gasteiger partial charge is 0.231 e. The van der Waals surface area contributed by atoms with Crippen molar-refractivity contribution < 1.29 is 23.4 Å². The number of anilines is 1. The van der Waals surface area contributed by atoms with Crippen molar-refractivity contribution in [2.75, 3.05) is 44.7 Å². The Morgan fingerprint density at radius 1 is 0.719 bits per heavy atom. The van der Waals surface area contributed by atoms with Gasteiger partial charge in [-0.2, -0.15) is 0 Å². The molecule has 0 radical (unpaired) electrons. The van der Waals surface area contributed by atoms with E-state index >= 15 is 0 Å². The van der Waals surface area contributed by atoms with E-state index < -0.39 is 0 Å². The van der Waals surface area contributed by atoms with E-state index in [0.717, 1.165) is 72.7 Å². The summed E-state index contributed by atoms with van der Waals surface area (Å²) in [7, 11) is 0. The monoisotopic (exact) mass is 433 g/mol. The molecular formula is C24H25N4O4+. The van der Waals surface area contributed by atoms with E-state index in [9.17, 15) is 0 Å². The maximum absolute atomic E-state index is 5.62. The molecule has 32 heavy (non-hydrogen) atoms. The lowest BCUT2D eigenvalue weighted by Crippen LogP contribution is -2.58. The Balaban J connectivity index is 1.27. The molecule has 1 fully saturated rings. The third kappa shape index (κ3) is 3.67. The van der Waals surface area contributed by atoms with Crippen LogP contribution in [0.25, 0.3) is 0 Å². The second kappa shape index (κ2) is 7.87. The SMILES string of the molecule is c1cnc(N2CC[N+](Cc3ccc4c(c3)OCO4)(Cc3ccc4c(c3)OCO4)CC2)nc1. The topological polar surface area (TPSA) is 65.9 Å². The molecule has 3 aliphatic heterocycles. The molecule has 8 nitrogen and oxygen atoms in total. The molecule has 0 aliphatic carbocycles. The molecule has 0 N–H and O–H groups in total. The third-order valence-corrected chi connectivity index (χ3v) is 6.43. The van der Waals surface area contributed by atoms with E-state index in [1.165, 1.54) is 11.1 Å². The number of piperazine rings is 1. The zero-order valence-electron chi connectivity index (χ0n) is 17.8. The summed E-state index contributed by atoms with van der Waals surface area (Å²) in [6.07, 6.45) is 3.61. The fourth-order valence-electron chi connectivity index (χ4n) is 4.77. The molecule has 0 atom stereocenters. The summed E-state index contributed by atoms with van der Waals surface area (Å²) in [4.78, 5) is 11.2. The summed E-state index contributed by atoms with van der Waals surface area (Å²) in [5, 5.41) is 0. The van der Waals surface area contributed by atoms with Gasteiger partial charge in [0.15, 0.2) is 23.0 Å². The normalized spacial score (nSPS) is 18.1. The van der Waals surface area contributed by atoms with Gasteiger partial charge in [-0.25, -0.2) is 9.97 Å². The van der Waals surface area contributed by atoms with Crippen molar-refractivity contribution in [3.63, 3.8) is 0 Å². The van der Waals surface area contributed by atoms with Gasteiger partial charge in [0.05, 0.1) is 26.2 Å². The molecule has 6 rings (SSSR count). The Morgan fingerprint density at radius 2 is 1.25 bits per heavy atom. The maximum Gasteiger partial charge on any atom is 0.231 e. The Morgan fingerprint density at radius 3 is 1.81 bits per heavy atom. The molecule has 8 heteroatoms. The number of ether oxygens (including phenoxy) is 4. The van der Waals surface area contributed by atoms with Gasteiger partial charge in [0.1, 0.15) is 13.1 Å². The molecule has 0 spiro atoms. The van der Waals surface area contributed by atoms with Crippen LogP contribution in [-0.4, -0.2) is 54.2 Å². The number of benzene rings is 2. The van der Waals surface area contributed by atoms with Crippen molar-refractivity contribution >= 4 is 5.95 Å². The van der Waals surface area contributed by atoms with E-state index in [0.29, 0.717) is 13.6 Å². The van der Waals surface area contributed by atoms with E-state index in [1.54, 1.807) is 12.4 Å². The van der Waals surface area contributed by atoms with Crippen LogP contribution >= 0.6 is 0 Å². The van der Waals surface area contributed by atoms with Crippen molar-refractivity contribution in [3.8, 4) is 23.0 Å². The molecule has 164 valence electrons. The average Bonchev–Trinajstić information content (AvgIpc) is 3.49. The lowest BCUT2D eigenvalue weighted by atomic mass is 10.1. The molecule has 4 heterocycles. The van der Waals surface area contributed by atoms with Gasteiger partial charge in [0.25, 0.3) is 0 Å². The first-order chi connectivity index (χ1) is 15.8. The summed E-state index contributed by atoms with van der Waals surface area (Å²) < 4.78 is 23.2. The minimum Gasteiger partial charge on any atom is -0.454 e. The largest absolute Gasteiger partial charge is 0.454 e. The number of quaternary nitrogens is 1. The second-order valence-electron chi connectivity index (χ2n) is 8.52. The van der Waals surface area contributed by atoms with Crippen molar-refractivity contribution in [1.29, 1.82) is 0 Å². The molecular weight excluding hydrogens is 408 g/mol. The molecule has 0 unspecified atom stereocenters. The molecule has 1 saturated heterocycles. The molecule has 2 aromatic carbocycles. The number of hydrogen-bond donors (Lipinski definition) is 0. The van der Waals surface area contributed by atoms with Gasteiger partial charge >= 0.3 is 0 Å². The Kier molecular flexibility index (Phi) is 4.72. The van der Waals surface area contributed by atoms with Crippen molar-refractivity contribution in [2.45, 2.75) is 13.1 Å². The first kappa shape index (κ1) is 19.2. The Hall–Kier alpha value is -3.52. The van der Waals surface area contributed by atoms with Crippen LogP contribution in [0.1, 0.15) is 11.1 Å². The van der Waals surface area contributed by atoms with Crippen LogP contribution in [0.2, 0.25) is 0 Å². The summed E-state index contributed by atoms with van der Waals surface area (Å²) in [6.45, 7) is 6.19. The van der Waals surface area contributed by atoms with Crippen LogP contribution in [-0.2, 0) is 13.1 Å². The van der Waals surface area contributed by atoms with Crippen LogP contribution in [0.5, 0.6) is 23.0 Å². The second-order valence-corrected chi connectivity index (χ2v) is 8.52. The lowest BCUT2D eigenvalue weighted by Gasteiger charge is -2.45. The first-order valence-corrected chi connectivity index (χ1v) is 10.9. The number of hydrogen-bond acceptors (Lipinski definition) is 7. The Labute approximate surface area is 186 Å². The highest BCUT2D eigenvalue weighted by Gasteiger charge is 2.35. The first-order valence-electron chi connectivity index (χ1n) is 10.9. The van der Waals surface area contributed by atoms with Crippen molar-refractivity contribution in [2.24, 2.45) is 0 Å². The quantitative estimate of drug-likeness (QED) is 0.573. The van der Waals surface area contributed by atoms with E-state index in [4.69, 9.17) is 18.9 Å². The third-order valence-electron chi connectivity index (χ3n) is 6.43. The molecule has 3 aliphatic rings. The number of rotatable bonds is 5.